The van der Waals surface area contributed by atoms with Gasteiger partial charge in [-0.25, -0.2) is 8.42 Å². The van der Waals surface area contributed by atoms with E-state index in [1.165, 1.54) is 11.3 Å². The van der Waals surface area contributed by atoms with Crippen molar-refractivity contribution in [1.82, 2.24) is 5.32 Å². The molecule has 1 aromatic carbocycles. The van der Waals surface area contributed by atoms with Crippen LogP contribution in [-0.2, 0) is 16.6 Å². The van der Waals surface area contributed by atoms with Crippen molar-refractivity contribution in [3.8, 4) is 0 Å². The first kappa shape index (κ1) is 17.0. The number of benzene rings is 1. The van der Waals surface area contributed by atoms with Crippen LogP contribution in [0, 0.1) is 6.92 Å². The van der Waals surface area contributed by atoms with Gasteiger partial charge in [0.2, 0.25) is 0 Å². The fraction of sp³-hybridized carbons (Fsp3) is 0.231. The zero-order valence-electron chi connectivity index (χ0n) is 11.4. The molecule has 1 aromatic heterocycles. The summed E-state index contributed by atoms with van der Waals surface area (Å²) in [4.78, 5) is 1.21. The lowest BCUT2D eigenvalue weighted by atomic mass is 10.2. The van der Waals surface area contributed by atoms with E-state index in [4.69, 9.17) is 0 Å². The summed E-state index contributed by atoms with van der Waals surface area (Å²) in [7, 11) is -1.80. The summed E-state index contributed by atoms with van der Waals surface area (Å²) in [6.45, 7) is 2.58. The molecule has 0 fully saturated rings. The lowest BCUT2D eigenvalue weighted by molar-refractivity contribution is 0.601. The minimum absolute atomic E-state index is 0.255. The van der Waals surface area contributed by atoms with Crippen molar-refractivity contribution in [2.75, 3.05) is 11.8 Å². The van der Waals surface area contributed by atoms with Gasteiger partial charge < -0.3 is 5.32 Å². The van der Waals surface area contributed by atoms with E-state index >= 15 is 0 Å². The Kier molecular flexibility index (Phi) is 5.48. The second-order valence-corrected chi connectivity index (χ2v) is 9.43. The van der Waals surface area contributed by atoms with Crippen LogP contribution in [0.25, 0.3) is 0 Å². The van der Waals surface area contributed by atoms with E-state index < -0.39 is 10.0 Å². The van der Waals surface area contributed by atoms with E-state index in [9.17, 15) is 8.42 Å². The van der Waals surface area contributed by atoms with E-state index in [-0.39, 0.29) is 4.90 Å². The third-order valence-electron chi connectivity index (χ3n) is 2.72. The fourth-order valence-corrected chi connectivity index (χ4v) is 6.24. The van der Waals surface area contributed by atoms with Crippen molar-refractivity contribution in [3.05, 3.63) is 43.0 Å². The molecule has 4 nitrogen and oxygen atoms in total. The molecule has 21 heavy (non-hydrogen) atoms. The minimum atomic E-state index is -3.62. The van der Waals surface area contributed by atoms with Crippen molar-refractivity contribution in [2.24, 2.45) is 0 Å². The van der Waals surface area contributed by atoms with Crippen LogP contribution in [-0.4, -0.2) is 15.5 Å². The summed E-state index contributed by atoms with van der Waals surface area (Å²) >= 11 is 8.11. The maximum atomic E-state index is 12.5. The Labute approximate surface area is 145 Å². The number of hydrogen-bond donors (Lipinski definition) is 2. The molecule has 114 valence electrons. The molecule has 2 aromatic rings. The Morgan fingerprint density at radius 1 is 1.24 bits per heavy atom. The Hall–Kier alpha value is -0.410. The minimum Gasteiger partial charge on any atom is -0.315 e. The molecule has 8 heteroatoms. The normalized spacial score (nSPS) is 11.6. The molecule has 0 amide bonds. The third kappa shape index (κ3) is 4.07. The highest BCUT2D eigenvalue weighted by Crippen LogP contribution is 2.34. The van der Waals surface area contributed by atoms with Crippen molar-refractivity contribution in [1.29, 1.82) is 0 Å². The summed E-state index contributed by atoms with van der Waals surface area (Å²) in [6.07, 6.45) is 0. The van der Waals surface area contributed by atoms with Gasteiger partial charge in [0, 0.05) is 15.9 Å². The van der Waals surface area contributed by atoms with Gasteiger partial charge in [0.1, 0.15) is 4.90 Å². The smallest absolute Gasteiger partial charge is 0.263 e. The highest BCUT2D eigenvalue weighted by atomic mass is 79.9. The Bertz CT molecular complexity index is 758. The highest BCUT2D eigenvalue weighted by Gasteiger charge is 2.21. The second-order valence-electron chi connectivity index (χ2n) is 4.47. The van der Waals surface area contributed by atoms with Gasteiger partial charge in [-0.1, -0.05) is 6.07 Å². The van der Waals surface area contributed by atoms with Gasteiger partial charge in [-0.2, -0.15) is 0 Å². The zero-order chi connectivity index (χ0) is 15.6. The maximum Gasteiger partial charge on any atom is 0.263 e. The number of hydrogen-bond acceptors (Lipinski definition) is 4. The molecule has 1 heterocycles. The number of anilines is 1. The molecule has 0 saturated carbocycles. The fourth-order valence-electron chi connectivity index (χ4n) is 1.75. The maximum absolute atomic E-state index is 12.5. The molecular formula is C13H14Br2N2O2S2. The monoisotopic (exact) mass is 452 g/mol. The summed E-state index contributed by atoms with van der Waals surface area (Å²) in [5, 5.41) is 3.01. The molecule has 0 saturated heterocycles. The van der Waals surface area contributed by atoms with Gasteiger partial charge in [0.25, 0.3) is 10.0 Å². The summed E-state index contributed by atoms with van der Waals surface area (Å²) in [6, 6.07) is 7.14. The van der Waals surface area contributed by atoms with Crippen molar-refractivity contribution in [3.63, 3.8) is 0 Å². The van der Waals surface area contributed by atoms with Crippen LogP contribution in [0.3, 0.4) is 0 Å². The molecule has 0 aliphatic heterocycles. The van der Waals surface area contributed by atoms with Crippen LogP contribution in [0.5, 0.6) is 0 Å². The number of thiophene rings is 1. The van der Waals surface area contributed by atoms with Gasteiger partial charge in [-0.3, -0.25) is 4.72 Å². The molecule has 2 rings (SSSR count). The molecule has 2 N–H and O–H groups in total. The molecule has 0 atom stereocenters. The Morgan fingerprint density at radius 3 is 2.57 bits per heavy atom. The number of halogens is 2. The molecule has 0 radical (unpaired) electrons. The standard InChI is InChI=1S/C13H14Br2N2O2S2/c1-8-3-4-11(10(14)5-8)17-21(18,19)12-6-9(7-16-2)20-13(12)15/h3-6,16-17H,7H2,1-2H3. The first-order valence-electron chi connectivity index (χ1n) is 6.05. The predicted octanol–water partition coefficient (Wildman–Crippen LogP) is 4.10. The number of sulfonamides is 1. The Morgan fingerprint density at radius 2 is 1.95 bits per heavy atom. The summed E-state index contributed by atoms with van der Waals surface area (Å²) < 4.78 is 28.9. The van der Waals surface area contributed by atoms with Gasteiger partial charge in [-0.05, 0) is 69.6 Å². The quantitative estimate of drug-likeness (QED) is 0.716. The highest BCUT2D eigenvalue weighted by molar-refractivity contribution is 9.11. The van der Waals surface area contributed by atoms with Crippen LogP contribution in [0.4, 0.5) is 5.69 Å². The predicted molar refractivity (Wildman–Crippen MR) is 94.5 cm³/mol. The van der Waals surface area contributed by atoms with Crippen LogP contribution in [0.2, 0.25) is 0 Å². The zero-order valence-corrected chi connectivity index (χ0v) is 16.2. The number of nitrogens with one attached hydrogen (secondary N) is 2. The van der Waals surface area contributed by atoms with Gasteiger partial charge in [0.05, 0.1) is 9.47 Å². The largest absolute Gasteiger partial charge is 0.315 e. The van der Waals surface area contributed by atoms with E-state index in [0.717, 1.165) is 10.4 Å². The Balaban J connectivity index is 2.34. The molecule has 0 aliphatic rings. The summed E-state index contributed by atoms with van der Waals surface area (Å²) in [5.41, 5.74) is 1.58. The van der Waals surface area contributed by atoms with Crippen molar-refractivity contribution in [2.45, 2.75) is 18.4 Å². The van der Waals surface area contributed by atoms with Gasteiger partial charge in [-0.15, -0.1) is 11.3 Å². The van der Waals surface area contributed by atoms with Crippen LogP contribution in [0.15, 0.2) is 37.4 Å². The summed E-state index contributed by atoms with van der Waals surface area (Å²) in [5.74, 6) is 0. The van der Waals surface area contributed by atoms with Gasteiger partial charge in [0.15, 0.2) is 0 Å². The average molecular weight is 454 g/mol. The number of rotatable bonds is 5. The number of aryl methyl sites for hydroxylation is 1. The molecule has 0 aliphatic carbocycles. The first-order chi connectivity index (χ1) is 9.83. The SMILES string of the molecule is CNCc1cc(S(=O)(=O)Nc2ccc(C)cc2Br)c(Br)s1. The lowest BCUT2D eigenvalue weighted by Gasteiger charge is -2.09. The van der Waals surface area contributed by atoms with Crippen LogP contribution >= 0.6 is 43.2 Å². The third-order valence-corrected chi connectivity index (χ3v) is 6.99. The van der Waals surface area contributed by atoms with E-state index in [2.05, 4.69) is 41.9 Å². The van der Waals surface area contributed by atoms with Crippen LogP contribution in [0.1, 0.15) is 10.4 Å². The van der Waals surface area contributed by atoms with E-state index in [1.807, 2.05) is 26.1 Å². The average Bonchev–Trinajstić information content (AvgIpc) is 2.75. The topological polar surface area (TPSA) is 58.2 Å². The molecular weight excluding hydrogens is 440 g/mol. The van der Waals surface area contributed by atoms with E-state index in [0.29, 0.717) is 20.5 Å². The molecule has 0 unspecified atom stereocenters. The lowest BCUT2D eigenvalue weighted by Crippen LogP contribution is -2.13. The molecule has 0 bridgehead atoms. The second kappa shape index (κ2) is 6.78. The van der Waals surface area contributed by atoms with Crippen LogP contribution < -0.4 is 10.0 Å². The van der Waals surface area contributed by atoms with Crippen molar-refractivity contribution < 1.29 is 8.42 Å². The van der Waals surface area contributed by atoms with Gasteiger partial charge >= 0.3 is 0 Å². The molecule has 0 spiro atoms. The van der Waals surface area contributed by atoms with Crippen molar-refractivity contribution >= 4 is 58.9 Å². The van der Waals surface area contributed by atoms with E-state index in [1.54, 1.807) is 12.1 Å². The first-order valence-corrected chi connectivity index (χ1v) is 9.94.